The number of amides is 3. The lowest BCUT2D eigenvalue weighted by molar-refractivity contribution is -0.136. The molecule has 192 valence electrons. The molecule has 0 aliphatic carbocycles. The number of nitrogens with zero attached hydrogens (tertiary/aromatic N) is 1. The molecule has 0 bridgehead atoms. The number of anilines is 2. The molecule has 0 saturated heterocycles. The third kappa shape index (κ3) is 8.21. The minimum Gasteiger partial charge on any atom is -0.490 e. The minimum absolute atomic E-state index is 0.202. The van der Waals surface area contributed by atoms with Gasteiger partial charge in [0.05, 0.1) is 12.8 Å². The Kier molecular flexibility index (Phi) is 9.37. The lowest BCUT2D eigenvalue weighted by Gasteiger charge is -2.13. The monoisotopic (exact) mass is 502 g/mol. The number of hydrogen-bond acceptors (Lipinski definition) is 6. The zero-order valence-corrected chi connectivity index (χ0v) is 21.3. The molecule has 3 rings (SSSR count). The van der Waals surface area contributed by atoms with Crippen LogP contribution in [-0.4, -0.2) is 37.1 Å². The van der Waals surface area contributed by atoms with Gasteiger partial charge in [-0.2, -0.15) is 5.10 Å². The molecule has 0 aliphatic heterocycles. The van der Waals surface area contributed by atoms with Gasteiger partial charge in [0.15, 0.2) is 18.1 Å². The Hall–Kier alpha value is -4.66. The van der Waals surface area contributed by atoms with Crippen LogP contribution in [-0.2, 0) is 14.4 Å². The Morgan fingerprint density at radius 3 is 2.32 bits per heavy atom. The van der Waals surface area contributed by atoms with Gasteiger partial charge in [0, 0.05) is 11.4 Å². The first-order valence-electron chi connectivity index (χ1n) is 11.7. The number of carbonyl (C=O) groups excluding carboxylic acids is 3. The second kappa shape index (κ2) is 12.9. The first-order chi connectivity index (χ1) is 17.7. The molecule has 0 unspecified atom stereocenters. The summed E-state index contributed by atoms with van der Waals surface area (Å²) in [5.74, 6) is -1.24. The van der Waals surface area contributed by atoms with Gasteiger partial charge in [-0.25, -0.2) is 5.43 Å². The van der Waals surface area contributed by atoms with Crippen molar-refractivity contribution in [3.05, 3.63) is 82.9 Å². The summed E-state index contributed by atoms with van der Waals surface area (Å²) >= 11 is 0. The van der Waals surface area contributed by atoms with Gasteiger partial charge in [0.2, 0.25) is 0 Å². The van der Waals surface area contributed by atoms with Crippen molar-refractivity contribution in [3.8, 4) is 11.5 Å². The van der Waals surface area contributed by atoms with Gasteiger partial charge in [0.1, 0.15) is 0 Å². The molecule has 0 aliphatic rings. The Bertz CT molecular complexity index is 1320. The molecule has 3 aromatic carbocycles. The van der Waals surface area contributed by atoms with Crippen molar-refractivity contribution in [2.45, 2.75) is 27.7 Å². The van der Waals surface area contributed by atoms with E-state index in [1.165, 1.54) is 6.21 Å². The van der Waals surface area contributed by atoms with E-state index in [1.807, 2.05) is 52.0 Å². The molecule has 9 nitrogen and oxygen atoms in total. The minimum atomic E-state index is -0.905. The number of nitrogens with one attached hydrogen (secondary N) is 3. The van der Waals surface area contributed by atoms with Gasteiger partial charge in [0.25, 0.3) is 5.91 Å². The third-order valence-electron chi connectivity index (χ3n) is 5.28. The van der Waals surface area contributed by atoms with Crippen molar-refractivity contribution in [3.63, 3.8) is 0 Å². The highest BCUT2D eigenvalue weighted by Gasteiger charge is 2.13. The molecule has 3 amide bonds. The molecule has 0 radical (unpaired) electrons. The Balaban J connectivity index is 1.56. The first kappa shape index (κ1) is 26.9. The standard InChI is InChI=1S/C28H30N4O5/c1-5-36-25-15-21(16-29-32-28(35)27(34)31-22-8-6-7-18(2)13-22)10-12-24(25)37-17-26(33)30-23-11-9-19(3)20(4)14-23/h6-16H,5,17H2,1-4H3,(H,30,33)(H,31,34)(H,32,35)/b29-16-. The van der Waals surface area contributed by atoms with Gasteiger partial charge in [-0.15, -0.1) is 0 Å². The van der Waals surface area contributed by atoms with Gasteiger partial charge in [-0.1, -0.05) is 18.2 Å². The molecule has 0 fully saturated rings. The Morgan fingerprint density at radius 2 is 1.59 bits per heavy atom. The van der Waals surface area contributed by atoms with E-state index in [2.05, 4.69) is 21.2 Å². The first-order valence-corrected chi connectivity index (χ1v) is 11.7. The average Bonchev–Trinajstić information content (AvgIpc) is 2.86. The van der Waals surface area contributed by atoms with Crippen molar-refractivity contribution >= 4 is 35.3 Å². The van der Waals surface area contributed by atoms with Crippen molar-refractivity contribution in [2.24, 2.45) is 5.10 Å². The lowest BCUT2D eigenvalue weighted by Crippen LogP contribution is -2.32. The summed E-state index contributed by atoms with van der Waals surface area (Å²) in [6.07, 6.45) is 1.37. The maximum atomic E-state index is 12.3. The highest BCUT2D eigenvalue weighted by atomic mass is 16.5. The predicted octanol–water partition coefficient (Wildman–Crippen LogP) is 4.12. The number of rotatable bonds is 9. The van der Waals surface area contributed by atoms with Crippen molar-refractivity contribution < 1.29 is 23.9 Å². The van der Waals surface area contributed by atoms with E-state index in [0.29, 0.717) is 35.0 Å². The third-order valence-corrected chi connectivity index (χ3v) is 5.28. The zero-order chi connectivity index (χ0) is 26.8. The van der Waals surface area contributed by atoms with E-state index in [4.69, 9.17) is 9.47 Å². The summed E-state index contributed by atoms with van der Waals surface area (Å²) in [7, 11) is 0. The van der Waals surface area contributed by atoms with Crippen LogP contribution in [0.15, 0.2) is 65.8 Å². The Labute approximate surface area is 215 Å². The van der Waals surface area contributed by atoms with E-state index in [-0.39, 0.29) is 12.5 Å². The molecule has 3 aromatic rings. The summed E-state index contributed by atoms with van der Waals surface area (Å²) < 4.78 is 11.3. The van der Waals surface area contributed by atoms with Gasteiger partial charge in [-0.3, -0.25) is 14.4 Å². The summed E-state index contributed by atoms with van der Waals surface area (Å²) in [6, 6.07) is 17.8. The van der Waals surface area contributed by atoms with Crippen LogP contribution in [0.5, 0.6) is 11.5 Å². The van der Waals surface area contributed by atoms with Crippen LogP contribution in [0.4, 0.5) is 11.4 Å². The normalized spacial score (nSPS) is 10.6. The molecule has 37 heavy (non-hydrogen) atoms. The lowest BCUT2D eigenvalue weighted by atomic mass is 10.1. The van der Waals surface area contributed by atoms with Crippen LogP contribution in [0.2, 0.25) is 0 Å². The zero-order valence-electron chi connectivity index (χ0n) is 21.3. The van der Waals surface area contributed by atoms with Gasteiger partial charge >= 0.3 is 11.8 Å². The maximum absolute atomic E-state index is 12.3. The number of hydrazone groups is 1. The molecule has 9 heteroatoms. The van der Waals surface area contributed by atoms with Crippen LogP contribution in [0.25, 0.3) is 0 Å². The van der Waals surface area contributed by atoms with E-state index >= 15 is 0 Å². The molecule has 0 heterocycles. The van der Waals surface area contributed by atoms with Crippen LogP contribution in [0, 0.1) is 20.8 Å². The maximum Gasteiger partial charge on any atom is 0.329 e. The fourth-order valence-corrected chi connectivity index (χ4v) is 3.28. The molecular weight excluding hydrogens is 472 g/mol. The van der Waals surface area contributed by atoms with E-state index < -0.39 is 11.8 Å². The van der Waals surface area contributed by atoms with Crippen molar-refractivity contribution in [1.82, 2.24) is 5.43 Å². The number of ether oxygens (including phenoxy) is 2. The number of aryl methyl sites for hydroxylation is 3. The predicted molar refractivity (Wildman–Crippen MR) is 143 cm³/mol. The van der Waals surface area contributed by atoms with Gasteiger partial charge in [-0.05, 0) is 92.4 Å². The quantitative estimate of drug-likeness (QED) is 0.231. The van der Waals surface area contributed by atoms with Crippen LogP contribution in [0.1, 0.15) is 29.2 Å². The molecule has 0 atom stereocenters. The van der Waals surface area contributed by atoms with Crippen LogP contribution < -0.4 is 25.5 Å². The highest BCUT2D eigenvalue weighted by Crippen LogP contribution is 2.28. The summed E-state index contributed by atoms with van der Waals surface area (Å²) in [4.78, 5) is 36.4. The average molecular weight is 503 g/mol. The topological polar surface area (TPSA) is 118 Å². The second-order valence-corrected chi connectivity index (χ2v) is 8.30. The summed E-state index contributed by atoms with van der Waals surface area (Å²) in [6.45, 7) is 7.86. The number of benzene rings is 3. The number of carbonyl (C=O) groups is 3. The van der Waals surface area contributed by atoms with Crippen molar-refractivity contribution in [1.29, 1.82) is 0 Å². The van der Waals surface area contributed by atoms with Gasteiger partial charge < -0.3 is 20.1 Å². The molecular formula is C28H30N4O5. The molecule has 3 N–H and O–H groups in total. The molecule has 0 spiro atoms. The fourth-order valence-electron chi connectivity index (χ4n) is 3.28. The SMILES string of the molecule is CCOc1cc(/C=N\NC(=O)C(=O)Nc2cccc(C)c2)ccc1OCC(=O)Nc1ccc(C)c(C)c1. The second-order valence-electron chi connectivity index (χ2n) is 8.30. The Morgan fingerprint density at radius 1 is 0.811 bits per heavy atom. The van der Waals surface area contributed by atoms with Crippen LogP contribution in [0.3, 0.4) is 0 Å². The smallest absolute Gasteiger partial charge is 0.329 e. The van der Waals surface area contributed by atoms with E-state index in [0.717, 1.165) is 16.7 Å². The van der Waals surface area contributed by atoms with Crippen LogP contribution >= 0.6 is 0 Å². The summed E-state index contributed by atoms with van der Waals surface area (Å²) in [5, 5.41) is 9.16. The number of hydrogen-bond donors (Lipinski definition) is 3. The highest BCUT2D eigenvalue weighted by molar-refractivity contribution is 6.39. The van der Waals surface area contributed by atoms with E-state index in [1.54, 1.807) is 36.4 Å². The molecule has 0 saturated carbocycles. The van der Waals surface area contributed by atoms with Crippen molar-refractivity contribution in [2.75, 3.05) is 23.8 Å². The molecule has 0 aromatic heterocycles. The van der Waals surface area contributed by atoms with E-state index in [9.17, 15) is 14.4 Å². The fraction of sp³-hybridized carbons (Fsp3) is 0.214. The summed E-state index contributed by atoms with van der Waals surface area (Å²) in [5.41, 5.74) is 7.18. The largest absolute Gasteiger partial charge is 0.490 e.